The Morgan fingerprint density at radius 1 is 1.33 bits per heavy atom. The van der Waals surface area contributed by atoms with E-state index in [1.165, 1.54) is 0 Å². The van der Waals surface area contributed by atoms with Gasteiger partial charge in [-0.15, -0.1) is 0 Å². The van der Waals surface area contributed by atoms with Gasteiger partial charge in [-0.3, -0.25) is 9.69 Å². The van der Waals surface area contributed by atoms with E-state index in [2.05, 4.69) is 10.2 Å². The molecule has 1 N–H and O–H groups in total. The second-order valence-electron chi connectivity index (χ2n) is 5.09. The molecule has 0 aliphatic carbocycles. The predicted octanol–water partition coefficient (Wildman–Crippen LogP) is 2.19. The zero-order chi connectivity index (χ0) is 15.1. The fourth-order valence-electron chi connectivity index (χ4n) is 2.17. The minimum Gasteiger partial charge on any atom is -0.379 e. The number of carbonyl (C=O) groups excluding carboxylic acids is 1. The van der Waals surface area contributed by atoms with Crippen LogP contribution in [0.4, 0.5) is 0 Å². The van der Waals surface area contributed by atoms with Crippen molar-refractivity contribution >= 4 is 23.6 Å². The molecule has 1 amide bonds. The van der Waals surface area contributed by atoms with E-state index in [-0.39, 0.29) is 5.91 Å². The molecular weight excluding hydrogens is 288 g/mol. The van der Waals surface area contributed by atoms with Crippen molar-refractivity contribution in [2.45, 2.75) is 6.92 Å². The Morgan fingerprint density at radius 3 is 2.67 bits per heavy atom. The van der Waals surface area contributed by atoms with E-state index in [0.717, 1.165) is 38.4 Å². The van der Waals surface area contributed by atoms with Crippen molar-refractivity contribution in [3.8, 4) is 0 Å². The molecule has 1 aromatic carbocycles. The summed E-state index contributed by atoms with van der Waals surface area (Å²) in [5, 5.41) is 3.64. The highest BCUT2D eigenvalue weighted by molar-refractivity contribution is 6.30. The molecule has 1 aromatic rings. The number of hydrogen-bond acceptors (Lipinski definition) is 3. The van der Waals surface area contributed by atoms with Gasteiger partial charge in [0.05, 0.1) is 13.2 Å². The van der Waals surface area contributed by atoms with Crippen LogP contribution in [0.5, 0.6) is 0 Å². The molecule has 1 aliphatic heterocycles. The molecule has 114 valence electrons. The van der Waals surface area contributed by atoms with Crippen molar-refractivity contribution in [1.29, 1.82) is 0 Å². The largest absolute Gasteiger partial charge is 0.379 e. The Labute approximate surface area is 130 Å². The maximum atomic E-state index is 12.0. The van der Waals surface area contributed by atoms with Gasteiger partial charge in [-0.25, -0.2) is 0 Å². The third-order valence-electron chi connectivity index (χ3n) is 3.43. The van der Waals surface area contributed by atoms with Crippen LogP contribution in [0.2, 0.25) is 5.02 Å². The van der Waals surface area contributed by atoms with Crippen LogP contribution >= 0.6 is 11.6 Å². The first-order valence-electron chi connectivity index (χ1n) is 7.17. The molecule has 0 radical (unpaired) electrons. The third kappa shape index (κ3) is 5.50. The Hall–Kier alpha value is -1.36. The number of nitrogens with zero attached hydrogens (tertiary/aromatic N) is 1. The highest BCUT2D eigenvalue weighted by Gasteiger charge is 2.10. The van der Waals surface area contributed by atoms with Crippen molar-refractivity contribution in [2.24, 2.45) is 0 Å². The van der Waals surface area contributed by atoms with Crippen LogP contribution in [0.3, 0.4) is 0 Å². The molecule has 0 spiro atoms. The Kier molecular flexibility index (Phi) is 6.23. The van der Waals surface area contributed by atoms with Crippen molar-refractivity contribution in [3.63, 3.8) is 0 Å². The van der Waals surface area contributed by atoms with Gasteiger partial charge in [0.25, 0.3) is 0 Å². The zero-order valence-electron chi connectivity index (χ0n) is 12.3. The number of nitrogens with one attached hydrogen (secondary N) is 1. The Morgan fingerprint density at radius 2 is 2.00 bits per heavy atom. The molecule has 4 nitrogen and oxygen atoms in total. The van der Waals surface area contributed by atoms with Crippen molar-refractivity contribution in [2.75, 3.05) is 39.4 Å². The molecule has 0 saturated carbocycles. The summed E-state index contributed by atoms with van der Waals surface area (Å²) >= 11 is 5.84. The van der Waals surface area contributed by atoms with E-state index in [1.807, 2.05) is 37.3 Å². The molecule has 0 aromatic heterocycles. The number of ether oxygens (including phenoxy) is 1. The fraction of sp³-hybridized carbons (Fsp3) is 0.438. The van der Waals surface area contributed by atoms with Crippen LogP contribution in [0.25, 0.3) is 6.08 Å². The van der Waals surface area contributed by atoms with Gasteiger partial charge in [0, 0.05) is 36.8 Å². The lowest BCUT2D eigenvalue weighted by molar-refractivity contribution is -0.117. The smallest absolute Gasteiger partial charge is 0.246 e. The molecule has 1 fully saturated rings. The van der Waals surface area contributed by atoms with Crippen LogP contribution in [-0.2, 0) is 9.53 Å². The van der Waals surface area contributed by atoms with E-state index >= 15 is 0 Å². The number of rotatable bonds is 5. The molecule has 5 heteroatoms. The van der Waals surface area contributed by atoms with Gasteiger partial charge in [-0.2, -0.15) is 0 Å². The molecule has 21 heavy (non-hydrogen) atoms. The fourth-order valence-corrected chi connectivity index (χ4v) is 2.29. The highest BCUT2D eigenvalue weighted by atomic mass is 35.5. The third-order valence-corrected chi connectivity index (χ3v) is 3.68. The monoisotopic (exact) mass is 308 g/mol. The molecular formula is C16H21ClN2O2. The van der Waals surface area contributed by atoms with E-state index in [1.54, 1.807) is 0 Å². The maximum absolute atomic E-state index is 12.0. The van der Waals surface area contributed by atoms with Crippen LogP contribution < -0.4 is 5.32 Å². The normalized spacial score (nSPS) is 16.8. The summed E-state index contributed by atoms with van der Waals surface area (Å²) in [5.41, 5.74) is 1.67. The van der Waals surface area contributed by atoms with Gasteiger partial charge < -0.3 is 10.1 Å². The Balaban J connectivity index is 1.77. The predicted molar refractivity (Wildman–Crippen MR) is 85.4 cm³/mol. The summed E-state index contributed by atoms with van der Waals surface area (Å²) < 4.78 is 5.29. The highest BCUT2D eigenvalue weighted by Crippen LogP contribution is 2.12. The molecule has 1 aliphatic rings. The number of carbonyl (C=O) groups is 1. The van der Waals surface area contributed by atoms with Crippen LogP contribution in [0, 0.1) is 0 Å². The quantitative estimate of drug-likeness (QED) is 0.848. The first kappa shape index (κ1) is 16.0. The maximum Gasteiger partial charge on any atom is 0.246 e. The number of hydrogen-bond donors (Lipinski definition) is 1. The van der Waals surface area contributed by atoms with Gasteiger partial charge in [0.1, 0.15) is 0 Å². The summed E-state index contributed by atoms with van der Waals surface area (Å²) in [5.74, 6) is -0.0294. The molecule has 1 heterocycles. The lowest BCUT2D eigenvalue weighted by Gasteiger charge is -2.26. The van der Waals surface area contributed by atoms with Gasteiger partial charge in [0.15, 0.2) is 0 Å². The van der Waals surface area contributed by atoms with Gasteiger partial charge in [-0.05, 0) is 30.7 Å². The average Bonchev–Trinajstić information content (AvgIpc) is 2.50. The summed E-state index contributed by atoms with van der Waals surface area (Å²) in [6.45, 7) is 6.78. The molecule has 0 unspecified atom stereocenters. The summed E-state index contributed by atoms with van der Waals surface area (Å²) in [4.78, 5) is 14.3. The van der Waals surface area contributed by atoms with E-state index in [9.17, 15) is 4.79 Å². The van der Waals surface area contributed by atoms with Crippen molar-refractivity contribution in [1.82, 2.24) is 10.2 Å². The van der Waals surface area contributed by atoms with Gasteiger partial charge in [-0.1, -0.05) is 23.7 Å². The van der Waals surface area contributed by atoms with E-state index < -0.39 is 0 Å². The second-order valence-corrected chi connectivity index (χ2v) is 5.53. The summed E-state index contributed by atoms with van der Waals surface area (Å²) in [6.07, 6.45) is 1.86. The molecule has 0 atom stereocenters. The minimum absolute atomic E-state index is 0.0294. The van der Waals surface area contributed by atoms with E-state index in [0.29, 0.717) is 17.1 Å². The first-order valence-corrected chi connectivity index (χ1v) is 7.55. The number of benzene rings is 1. The Bertz CT molecular complexity index is 494. The van der Waals surface area contributed by atoms with Crippen LogP contribution in [0.1, 0.15) is 12.5 Å². The molecule has 0 bridgehead atoms. The lowest BCUT2D eigenvalue weighted by Crippen LogP contribution is -2.41. The van der Waals surface area contributed by atoms with Gasteiger partial charge >= 0.3 is 0 Å². The topological polar surface area (TPSA) is 41.6 Å². The standard InChI is InChI=1S/C16H21ClN2O2/c1-13(12-14-2-4-15(17)5-3-14)16(20)18-6-7-19-8-10-21-11-9-19/h2-5,12H,6-11H2,1H3,(H,18,20)/b13-12+. The van der Waals surface area contributed by atoms with Gasteiger partial charge in [0.2, 0.25) is 5.91 Å². The van der Waals surface area contributed by atoms with E-state index in [4.69, 9.17) is 16.3 Å². The SMILES string of the molecule is C/C(=C\c1ccc(Cl)cc1)C(=O)NCCN1CCOCC1. The van der Waals surface area contributed by atoms with Crippen LogP contribution in [0.15, 0.2) is 29.8 Å². The number of morpholine rings is 1. The second kappa shape index (κ2) is 8.17. The zero-order valence-corrected chi connectivity index (χ0v) is 13.0. The lowest BCUT2D eigenvalue weighted by atomic mass is 10.1. The first-order chi connectivity index (χ1) is 10.1. The average molecular weight is 309 g/mol. The summed E-state index contributed by atoms with van der Waals surface area (Å²) in [7, 11) is 0. The molecule has 1 saturated heterocycles. The van der Waals surface area contributed by atoms with Crippen molar-refractivity contribution < 1.29 is 9.53 Å². The minimum atomic E-state index is -0.0294. The number of amides is 1. The van der Waals surface area contributed by atoms with Crippen molar-refractivity contribution in [3.05, 3.63) is 40.4 Å². The summed E-state index contributed by atoms with van der Waals surface area (Å²) in [6, 6.07) is 7.42. The number of halogens is 1. The van der Waals surface area contributed by atoms with Crippen LogP contribution in [-0.4, -0.2) is 50.2 Å². The molecule has 2 rings (SSSR count).